The standard InChI is InChI=1S/C13H13BN2O3.C6H7BBrNO2.C6H6N2O.C4H8O.H2/c17-9-11-5-3-7-15-13(11)16-8-10-4-1-2-6-12(10)14(18)19;8-4-6-5(7(10)11)2-1-3-9-6;7-6-5(4-9)2-1-3-8-6;1-2-4-5-3-1;/h1-7,9,18-19H,8H2,(H,15,16);1-3,10-11H,4H2;1-4H,(H2,7,8);1-4H2;1H. The number of nitrogens with zero attached hydrogens (tertiary/aromatic N) is 3. The minimum Gasteiger partial charge on any atom is -0.423 e. The molecule has 1 fully saturated rings. The van der Waals surface area contributed by atoms with Crippen molar-refractivity contribution >= 4 is 65.3 Å². The topological polar surface area (TPSA) is 201 Å². The summed E-state index contributed by atoms with van der Waals surface area (Å²) in [6.45, 7) is 2.35. The highest BCUT2D eigenvalue weighted by Gasteiger charge is 2.16. The molecular formula is C29H36B2BrN5O7. The Labute approximate surface area is 266 Å². The molecule has 1 aromatic carbocycles. The molecule has 0 bridgehead atoms. The van der Waals surface area contributed by atoms with E-state index in [2.05, 4.69) is 36.2 Å². The molecule has 15 heteroatoms. The van der Waals surface area contributed by atoms with Gasteiger partial charge >= 0.3 is 14.2 Å². The van der Waals surface area contributed by atoms with Crippen LogP contribution in [0.4, 0.5) is 11.6 Å². The van der Waals surface area contributed by atoms with Gasteiger partial charge in [-0.2, -0.15) is 0 Å². The predicted molar refractivity (Wildman–Crippen MR) is 176 cm³/mol. The number of nitrogens with two attached hydrogens (primary N) is 1. The van der Waals surface area contributed by atoms with Crippen molar-refractivity contribution in [3.8, 4) is 0 Å². The number of hydrogen-bond donors (Lipinski definition) is 6. The number of halogens is 1. The van der Waals surface area contributed by atoms with Gasteiger partial charge in [-0.3, -0.25) is 14.6 Å². The molecule has 0 radical (unpaired) electrons. The molecule has 1 aliphatic rings. The van der Waals surface area contributed by atoms with E-state index in [1.54, 1.807) is 73.2 Å². The highest BCUT2D eigenvalue weighted by Crippen LogP contribution is 2.10. The van der Waals surface area contributed by atoms with Crippen LogP contribution in [0.2, 0.25) is 0 Å². The average molecular weight is 668 g/mol. The van der Waals surface area contributed by atoms with Gasteiger partial charge in [-0.1, -0.05) is 46.3 Å². The zero-order valence-corrected chi connectivity index (χ0v) is 25.5. The first-order chi connectivity index (χ1) is 21.3. The number of carbonyl (C=O) groups excluding carboxylic acids is 2. The molecule has 1 aliphatic heterocycles. The number of alkyl halides is 1. The van der Waals surface area contributed by atoms with E-state index >= 15 is 0 Å². The molecular weight excluding hydrogens is 632 g/mol. The van der Waals surface area contributed by atoms with Gasteiger partial charge in [0, 0.05) is 50.6 Å². The third-order valence-electron chi connectivity index (χ3n) is 5.90. The Morgan fingerprint density at radius 1 is 0.818 bits per heavy atom. The number of nitrogen functional groups attached to an aromatic ring is 1. The van der Waals surface area contributed by atoms with E-state index in [1.165, 1.54) is 12.8 Å². The zero-order valence-electron chi connectivity index (χ0n) is 23.9. The summed E-state index contributed by atoms with van der Waals surface area (Å²) in [5.41, 5.74) is 8.46. The van der Waals surface area contributed by atoms with Crippen LogP contribution in [0, 0.1) is 0 Å². The first-order valence-electron chi connectivity index (χ1n) is 13.5. The molecule has 12 nitrogen and oxygen atoms in total. The summed E-state index contributed by atoms with van der Waals surface area (Å²) in [4.78, 5) is 32.7. The molecule has 0 amide bonds. The second kappa shape index (κ2) is 20.8. The molecule has 0 saturated carbocycles. The molecule has 232 valence electrons. The van der Waals surface area contributed by atoms with Gasteiger partial charge in [0.2, 0.25) is 0 Å². The smallest absolute Gasteiger partial charge is 0.423 e. The SMILES string of the molecule is C1CCOC1.Nc1ncccc1C=O.O=Cc1cccnc1NCc1ccccc1B(O)O.OB(O)c1cccnc1CBr.[HH]. The molecule has 0 atom stereocenters. The highest BCUT2D eigenvalue weighted by molar-refractivity contribution is 9.08. The van der Waals surface area contributed by atoms with Gasteiger partial charge in [-0.05, 0) is 54.2 Å². The Kier molecular flexibility index (Phi) is 17.2. The van der Waals surface area contributed by atoms with E-state index in [9.17, 15) is 19.6 Å². The van der Waals surface area contributed by atoms with E-state index in [-0.39, 0.29) is 7.24 Å². The number of nitrogens with one attached hydrogen (secondary N) is 1. The van der Waals surface area contributed by atoms with Gasteiger partial charge in [0.15, 0.2) is 12.6 Å². The maximum absolute atomic E-state index is 10.9. The quantitative estimate of drug-likeness (QED) is 0.0897. The summed E-state index contributed by atoms with van der Waals surface area (Å²) in [5, 5.41) is 39.7. The molecule has 4 aromatic rings. The molecule has 5 rings (SSSR count). The van der Waals surface area contributed by atoms with Crippen molar-refractivity contribution in [2.24, 2.45) is 0 Å². The monoisotopic (exact) mass is 667 g/mol. The normalized spacial score (nSPS) is 11.3. The Morgan fingerprint density at radius 2 is 1.39 bits per heavy atom. The van der Waals surface area contributed by atoms with Crippen molar-refractivity contribution < 1.29 is 35.8 Å². The number of ether oxygens (including phenoxy) is 1. The number of anilines is 2. The van der Waals surface area contributed by atoms with Gasteiger partial charge in [-0.15, -0.1) is 0 Å². The fraction of sp³-hybridized carbons (Fsp3) is 0.207. The van der Waals surface area contributed by atoms with Crippen molar-refractivity contribution in [2.75, 3.05) is 24.3 Å². The molecule has 3 aromatic heterocycles. The molecule has 0 spiro atoms. The zero-order chi connectivity index (χ0) is 32.2. The molecule has 1 saturated heterocycles. The lowest BCUT2D eigenvalue weighted by molar-refractivity contribution is 0.111. The third-order valence-corrected chi connectivity index (χ3v) is 6.43. The van der Waals surface area contributed by atoms with Crippen molar-refractivity contribution in [3.05, 3.63) is 102 Å². The van der Waals surface area contributed by atoms with Gasteiger partial charge in [0.1, 0.15) is 11.6 Å². The maximum atomic E-state index is 10.9. The van der Waals surface area contributed by atoms with E-state index in [4.69, 9.17) is 20.5 Å². The number of rotatable bonds is 8. The van der Waals surface area contributed by atoms with E-state index in [0.717, 1.165) is 25.1 Å². The largest absolute Gasteiger partial charge is 0.490 e. The Hall–Kier alpha value is -3.98. The van der Waals surface area contributed by atoms with Crippen LogP contribution in [0.25, 0.3) is 0 Å². The number of hydrogen-bond acceptors (Lipinski definition) is 12. The fourth-order valence-corrected chi connectivity index (χ4v) is 4.09. The number of carbonyl (C=O) groups is 2. The van der Waals surface area contributed by atoms with Crippen molar-refractivity contribution in [2.45, 2.75) is 24.7 Å². The Balaban J connectivity index is 0.000000330. The summed E-state index contributed by atoms with van der Waals surface area (Å²) < 4.78 is 4.94. The lowest BCUT2D eigenvalue weighted by Gasteiger charge is -2.11. The summed E-state index contributed by atoms with van der Waals surface area (Å²) in [6, 6.07) is 16.9. The summed E-state index contributed by atoms with van der Waals surface area (Å²) >= 11 is 3.19. The molecule has 7 N–H and O–H groups in total. The van der Waals surface area contributed by atoms with Crippen LogP contribution in [-0.4, -0.2) is 75.1 Å². The number of benzene rings is 1. The van der Waals surface area contributed by atoms with Crippen molar-refractivity contribution in [3.63, 3.8) is 0 Å². The van der Waals surface area contributed by atoms with E-state index < -0.39 is 14.2 Å². The van der Waals surface area contributed by atoms with Crippen LogP contribution < -0.4 is 22.0 Å². The molecule has 44 heavy (non-hydrogen) atoms. The van der Waals surface area contributed by atoms with Crippen LogP contribution in [0.3, 0.4) is 0 Å². The second-order valence-corrected chi connectivity index (χ2v) is 9.51. The first-order valence-corrected chi connectivity index (χ1v) is 14.6. The van der Waals surface area contributed by atoms with Gasteiger partial charge < -0.3 is 35.9 Å². The lowest BCUT2D eigenvalue weighted by Crippen LogP contribution is -2.33. The van der Waals surface area contributed by atoms with Crippen LogP contribution in [0.15, 0.2) is 79.3 Å². The van der Waals surface area contributed by atoms with Crippen LogP contribution >= 0.6 is 15.9 Å². The maximum Gasteiger partial charge on any atom is 0.490 e. The van der Waals surface area contributed by atoms with E-state index in [1.807, 2.05) is 6.07 Å². The summed E-state index contributed by atoms with van der Waals surface area (Å²) in [7, 11) is -2.96. The number of aldehydes is 2. The minimum atomic E-state index is -1.52. The summed E-state index contributed by atoms with van der Waals surface area (Å²) in [6.07, 6.45) is 8.71. The predicted octanol–water partition coefficient (Wildman–Crippen LogP) is 1.36. The second-order valence-electron chi connectivity index (χ2n) is 8.95. The third kappa shape index (κ3) is 12.7. The van der Waals surface area contributed by atoms with Gasteiger partial charge in [-0.25, -0.2) is 9.97 Å². The minimum absolute atomic E-state index is 0. The Bertz CT molecular complexity index is 1430. The van der Waals surface area contributed by atoms with Gasteiger partial charge in [0.25, 0.3) is 0 Å². The number of aromatic nitrogens is 3. The highest BCUT2D eigenvalue weighted by atomic mass is 79.9. The molecule has 0 aliphatic carbocycles. The van der Waals surface area contributed by atoms with Crippen LogP contribution in [-0.2, 0) is 16.6 Å². The number of pyridine rings is 3. The van der Waals surface area contributed by atoms with Crippen LogP contribution in [0.5, 0.6) is 0 Å². The van der Waals surface area contributed by atoms with Crippen LogP contribution in [0.1, 0.15) is 46.2 Å². The molecule has 4 heterocycles. The first kappa shape index (κ1) is 36.2. The van der Waals surface area contributed by atoms with E-state index in [0.29, 0.717) is 51.7 Å². The van der Waals surface area contributed by atoms with Gasteiger partial charge in [0.05, 0.1) is 16.8 Å². The average Bonchev–Trinajstić information content (AvgIpc) is 3.65. The fourth-order valence-electron chi connectivity index (χ4n) is 3.62. The summed E-state index contributed by atoms with van der Waals surface area (Å²) in [5.74, 6) is 0.757. The van der Waals surface area contributed by atoms with Crippen molar-refractivity contribution in [1.82, 2.24) is 15.0 Å². The van der Waals surface area contributed by atoms with Crippen molar-refractivity contribution in [1.29, 1.82) is 0 Å². The lowest BCUT2D eigenvalue weighted by atomic mass is 9.77. The molecule has 0 unspecified atom stereocenters. The Morgan fingerprint density at radius 3 is 1.91 bits per heavy atom.